The van der Waals surface area contributed by atoms with Crippen LogP contribution in [0.5, 0.6) is 11.5 Å². The van der Waals surface area contributed by atoms with E-state index in [2.05, 4.69) is 4.98 Å². The molecular formula is C19H17ClN2O4S. The lowest BCUT2D eigenvalue weighted by molar-refractivity contribution is 0.173. The van der Waals surface area contributed by atoms with Gasteiger partial charge in [-0.1, -0.05) is 11.6 Å². The molecule has 0 atom stereocenters. The highest BCUT2D eigenvalue weighted by Gasteiger charge is 2.25. The second kappa shape index (κ2) is 6.65. The number of pyridine rings is 2. The number of ether oxygens (including phenoxy) is 2. The fourth-order valence-electron chi connectivity index (χ4n) is 3.39. The smallest absolute Gasteiger partial charge is 0.259 e. The summed E-state index contributed by atoms with van der Waals surface area (Å²) in [6, 6.07) is 3.68. The van der Waals surface area contributed by atoms with Crippen LogP contribution in [0.2, 0.25) is 5.02 Å². The third-order valence-corrected chi connectivity index (χ3v) is 5.89. The Balaban J connectivity index is 1.92. The van der Waals surface area contributed by atoms with Crippen LogP contribution in [0.25, 0.3) is 10.8 Å². The van der Waals surface area contributed by atoms with Crippen molar-refractivity contribution in [2.24, 2.45) is 0 Å². The molecule has 4 rings (SSSR count). The number of benzene rings is 1. The van der Waals surface area contributed by atoms with E-state index in [1.807, 2.05) is 26.2 Å². The Morgan fingerprint density at radius 1 is 1.26 bits per heavy atom. The van der Waals surface area contributed by atoms with E-state index in [4.69, 9.17) is 21.1 Å². The van der Waals surface area contributed by atoms with Crippen LogP contribution in [0.3, 0.4) is 0 Å². The van der Waals surface area contributed by atoms with Gasteiger partial charge in [0.15, 0.2) is 11.5 Å². The summed E-state index contributed by atoms with van der Waals surface area (Å²) in [6.07, 6.45) is 3.56. The normalized spacial score (nSPS) is 12.7. The summed E-state index contributed by atoms with van der Waals surface area (Å²) in [5.74, 6) is 0.971. The SMILES string of the molecule is CSc1cc(C)[nH]c(=O)c1Cn1ccc2c(Cl)c3c(c(C)c2c1=O)OCO3. The molecule has 1 aliphatic heterocycles. The minimum absolute atomic E-state index is 0.0796. The van der Waals surface area contributed by atoms with Crippen LogP contribution < -0.4 is 20.6 Å². The van der Waals surface area contributed by atoms with Gasteiger partial charge in [-0.3, -0.25) is 9.59 Å². The summed E-state index contributed by atoms with van der Waals surface area (Å²) in [4.78, 5) is 29.3. The zero-order valence-corrected chi connectivity index (χ0v) is 16.6. The monoisotopic (exact) mass is 404 g/mol. The zero-order chi connectivity index (χ0) is 19.3. The summed E-state index contributed by atoms with van der Waals surface area (Å²) >= 11 is 7.90. The Morgan fingerprint density at radius 3 is 2.74 bits per heavy atom. The molecule has 1 aliphatic rings. The van der Waals surface area contributed by atoms with Crippen LogP contribution in [0.4, 0.5) is 0 Å². The van der Waals surface area contributed by atoms with Crippen molar-refractivity contribution in [2.75, 3.05) is 13.0 Å². The van der Waals surface area contributed by atoms with E-state index in [1.165, 1.54) is 16.3 Å². The molecular weight excluding hydrogens is 388 g/mol. The average Bonchev–Trinajstić information content (AvgIpc) is 3.13. The molecule has 1 N–H and O–H groups in total. The third kappa shape index (κ3) is 2.82. The van der Waals surface area contributed by atoms with Crippen LogP contribution in [0, 0.1) is 13.8 Å². The van der Waals surface area contributed by atoms with Crippen molar-refractivity contribution in [1.82, 2.24) is 9.55 Å². The van der Waals surface area contributed by atoms with Gasteiger partial charge >= 0.3 is 0 Å². The quantitative estimate of drug-likeness (QED) is 0.677. The molecule has 0 saturated carbocycles. The van der Waals surface area contributed by atoms with Gasteiger partial charge in [0, 0.05) is 27.7 Å². The first-order valence-corrected chi connectivity index (χ1v) is 9.90. The molecule has 3 aromatic rings. The lowest BCUT2D eigenvalue weighted by atomic mass is 10.1. The van der Waals surface area contributed by atoms with Gasteiger partial charge in [0.2, 0.25) is 6.79 Å². The van der Waals surface area contributed by atoms with Gasteiger partial charge in [-0.05, 0) is 32.2 Å². The Hall–Kier alpha value is -2.38. The molecule has 0 fully saturated rings. The van der Waals surface area contributed by atoms with E-state index in [9.17, 15) is 9.59 Å². The number of aromatic nitrogens is 2. The number of aryl methyl sites for hydroxylation is 2. The Bertz CT molecular complexity index is 1200. The molecule has 0 radical (unpaired) electrons. The van der Waals surface area contributed by atoms with Crippen molar-refractivity contribution in [3.05, 3.63) is 60.9 Å². The van der Waals surface area contributed by atoms with E-state index < -0.39 is 0 Å². The maximum Gasteiger partial charge on any atom is 0.259 e. The average molecular weight is 405 g/mol. The summed E-state index contributed by atoms with van der Waals surface area (Å²) in [5, 5.41) is 1.45. The van der Waals surface area contributed by atoms with Gasteiger partial charge in [-0.2, -0.15) is 0 Å². The first-order chi connectivity index (χ1) is 12.9. The Kier molecular flexibility index (Phi) is 4.44. The number of fused-ring (bicyclic) bond motifs is 2. The second-order valence-electron chi connectivity index (χ2n) is 6.37. The lowest BCUT2D eigenvalue weighted by Gasteiger charge is -2.13. The number of hydrogen-bond acceptors (Lipinski definition) is 5. The molecule has 3 heterocycles. The molecule has 0 amide bonds. The first kappa shape index (κ1) is 18.0. The summed E-state index contributed by atoms with van der Waals surface area (Å²) < 4.78 is 12.4. The molecule has 0 bridgehead atoms. The molecule has 0 unspecified atom stereocenters. The number of H-pyrrole nitrogens is 1. The van der Waals surface area contributed by atoms with Crippen LogP contribution in [-0.2, 0) is 6.54 Å². The fraction of sp³-hybridized carbons (Fsp3) is 0.263. The van der Waals surface area contributed by atoms with Crippen LogP contribution in [0.1, 0.15) is 16.8 Å². The molecule has 140 valence electrons. The minimum atomic E-state index is -0.225. The van der Waals surface area contributed by atoms with Crippen molar-refractivity contribution in [2.45, 2.75) is 25.3 Å². The maximum absolute atomic E-state index is 13.2. The molecule has 6 nitrogen and oxygen atoms in total. The molecule has 0 spiro atoms. The van der Waals surface area contributed by atoms with Crippen LogP contribution in [-0.4, -0.2) is 22.6 Å². The van der Waals surface area contributed by atoms with E-state index in [-0.39, 0.29) is 24.5 Å². The number of aromatic amines is 1. The van der Waals surface area contributed by atoms with Crippen molar-refractivity contribution in [3.8, 4) is 11.5 Å². The summed E-state index contributed by atoms with van der Waals surface area (Å²) in [7, 11) is 0. The minimum Gasteiger partial charge on any atom is -0.453 e. The second-order valence-corrected chi connectivity index (χ2v) is 7.60. The zero-order valence-electron chi connectivity index (χ0n) is 15.0. The molecule has 1 aromatic carbocycles. The van der Waals surface area contributed by atoms with Gasteiger partial charge < -0.3 is 19.0 Å². The van der Waals surface area contributed by atoms with E-state index in [0.717, 1.165) is 10.6 Å². The standard InChI is InChI=1S/C19H17ClN2O4S/c1-9-6-13(27-3)12(18(23)21-9)7-22-5-4-11-14(19(22)24)10(2)16-17(15(11)20)26-8-25-16/h4-6H,7-8H2,1-3H3,(H,21,23). The van der Waals surface area contributed by atoms with Gasteiger partial charge in [-0.15, -0.1) is 11.8 Å². The topological polar surface area (TPSA) is 73.3 Å². The van der Waals surface area contributed by atoms with Crippen molar-refractivity contribution >= 4 is 34.1 Å². The summed E-state index contributed by atoms with van der Waals surface area (Å²) in [6.45, 7) is 3.90. The Labute approximate surface area is 164 Å². The van der Waals surface area contributed by atoms with E-state index >= 15 is 0 Å². The largest absolute Gasteiger partial charge is 0.453 e. The van der Waals surface area contributed by atoms with E-state index in [1.54, 1.807) is 12.3 Å². The molecule has 8 heteroatoms. The molecule has 27 heavy (non-hydrogen) atoms. The van der Waals surface area contributed by atoms with Crippen molar-refractivity contribution < 1.29 is 9.47 Å². The van der Waals surface area contributed by atoms with Crippen molar-refractivity contribution in [3.63, 3.8) is 0 Å². The highest BCUT2D eigenvalue weighted by atomic mass is 35.5. The highest BCUT2D eigenvalue weighted by Crippen LogP contribution is 2.45. The summed E-state index contributed by atoms with van der Waals surface area (Å²) in [5.41, 5.74) is 1.61. The highest BCUT2D eigenvalue weighted by molar-refractivity contribution is 7.98. The fourth-order valence-corrected chi connectivity index (χ4v) is 4.38. The van der Waals surface area contributed by atoms with Gasteiger partial charge in [0.25, 0.3) is 11.1 Å². The van der Waals surface area contributed by atoms with Crippen LogP contribution in [0.15, 0.2) is 32.8 Å². The van der Waals surface area contributed by atoms with Crippen molar-refractivity contribution in [1.29, 1.82) is 0 Å². The number of nitrogens with one attached hydrogen (secondary N) is 1. The lowest BCUT2D eigenvalue weighted by Crippen LogP contribution is -2.25. The van der Waals surface area contributed by atoms with Gasteiger partial charge in [0.1, 0.15) is 0 Å². The van der Waals surface area contributed by atoms with Crippen LogP contribution >= 0.6 is 23.4 Å². The molecule has 0 aliphatic carbocycles. The number of hydrogen-bond donors (Lipinski definition) is 1. The predicted molar refractivity (Wildman–Crippen MR) is 107 cm³/mol. The third-order valence-electron chi connectivity index (χ3n) is 4.71. The van der Waals surface area contributed by atoms with Gasteiger partial charge in [0.05, 0.1) is 22.5 Å². The maximum atomic E-state index is 13.2. The predicted octanol–water partition coefficient (Wildman–Crippen LogP) is 3.46. The number of rotatable bonds is 3. The molecule has 0 saturated heterocycles. The number of halogens is 1. The number of thioether (sulfide) groups is 1. The Morgan fingerprint density at radius 2 is 2.00 bits per heavy atom. The van der Waals surface area contributed by atoms with Gasteiger partial charge in [-0.25, -0.2) is 0 Å². The number of nitrogens with zero attached hydrogens (tertiary/aromatic N) is 1. The van der Waals surface area contributed by atoms with E-state index in [0.29, 0.717) is 38.4 Å². The first-order valence-electron chi connectivity index (χ1n) is 8.30. The molecule has 2 aromatic heterocycles.